The molecule has 1 fully saturated rings. The second kappa shape index (κ2) is 5.52. The van der Waals surface area contributed by atoms with E-state index in [0.29, 0.717) is 0 Å². The van der Waals surface area contributed by atoms with Gasteiger partial charge in [0.25, 0.3) is 0 Å². The van der Waals surface area contributed by atoms with E-state index < -0.39 is 5.54 Å². The summed E-state index contributed by atoms with van der Waals surface area (Å²) in [6, 6.07) is 7.60. The van der Waals surface area contributed by atoms with Gasteiger partial charge in [-0.25, -0.2) is 4.79 Å². The zero-order valence-corrected chi connectivity index (χ0v) is 11.4. The lowest BCUT2D eigenvalue weighted by Gasteiger charge is -2.28. The van der Waals surface area contributed by atoms with Crippen molar-refractivity contribution < 1.29 is 14.3 Å². The SMILES string of the molecule is COC(=O)C1(Nc2ccccc2OC)CCSC1. The minimum absolute atomic E-state index is 0.210. The highest BCUT2D eigenvalue weighted by Crippen LogP contribution is 2.35. The summed E-state index contributed by atoms with van der Waals surface area (Å²) in [5.41, 5.74) is 0.196. The van der Waals surface area contributed by atoms with Crippen molar-refractivity contribution in [2.45, 2.75) is 12.0 Å². The van der Waals surface area contributed by atoms with Crippen LogP contribution in [-0.4, -0.2) is 37.2 Å². The van der Waals surface area contributed by atoms with Gasteiger partial charge in [-0.15, -0.1) is 0 Å². The van der Waals surface area contributed by atoms with Crippen molar-refractivity contribution in [3.63, 3.8) is 0 Å². The highest BCUT2D eigenvalue weighted by Gasteiger charge is 2.43. The number of para-hydroxylation sites is 2. The second-order valence-electron chi connectivity index (χ2n) is 4.20. The van der Waals surface area contributed by atoms with E-state index in [1.165, 1.54) is 7.11 Å². The third-order valence-corrected chi connectivity index (χ3v) is 4.27. The van der Waals surface area contributed by atoms with Crippen LogP contribution in [0.15, 0.2) is 24.3 Å². The van der Waals surface area contributed by atoms with Crippen molar-refractivity contribution in [3.8, 4) is 5.75 Å². The Balaban J connectivity index is 2.26. The van der Waals surface area contributed by atoms with E-state index in [1.54, 1.807) is 18.9 Å². The van der Waals surface area contributed by atoms with Crippen molar-refractivity contribution in [1.29, 1.82) is 0 Å². The molecule has 0 radical (unpaired) electrons. The van der Waals surface area contributed by atoms with Gasteiger partial charge < -0.3 is 14.8 Å². The quantitative estimate of drug-likeness (QED) is 0.847. The highest BCUT2D eigenvalue weighted by atomic mass is 32.2. The van der Waals surface area contributed by atoms with E-state index in [0.717, 1.165) is 29.4 Å². The molecule has 0 saturated carbocycles. The fraction of sp³-hybridized carbons (Fsp3) is 0.462. The third kappa shape index (κ3) is 2.41. The average molecular weight is 267 g/mol. The molecule has 5 heteroatoms. The number of ether oxygens (including phenoxy) is 2. The topological polar surface area (TPSA) is 47.6 Å². The first-order valence-corrected chi connectivity index (χ1v) is 6.95. The van der Waals surface area contributed by atoms with E-state index >= 15 is 0 Å². The Hall–Kier alpha value is -1.36. The van der Waals surface area contributed by atoms with Gasteiger partial charge in [0.05, 0.1) is 19.9 Å². The first kappa shape index (κ1) is 13.1. The number of anilines is 1. The Morgan fingerprint density at radius 2 is 2.17 bits per heavy atom. The molecule has 1 unspecified atom stereocenters. The Morgan fingerprint density at radius 3 is 2.78 bits per heavy atom. The fourth-order valence-corrected chi connectivity index (χ4v) is 3.40. The molecular weight excluding hydrogens is 250 g/mol. The molecular formula is C13H17NO3S. The number of hydrogen-bond donors (Lipinski definition) is 1. The zero-order valence-electron chi connectivity index (χ0n) is 10.6. The van der Waals surface area contributed by atoms with Crippen LogP contribution in [0.2, 0.25) is 0 Å². The van der Waals surface area contributed by atoms with Crippen LogP contribution < -0.4 is 10.1 Å². The molecule has 18 heavy (non-hydrogen) atoms. The van der Waals surface area contributed by atoms with Gasteiger partial charge in [0, 0.05) is 5.75 Å². The summed E-state index contributed by atoms with van der Waals surface area (Å²) >= 11 is 1.75. The molecule has 0 spiro atoms. The number of rotatable bonds is 4. The lowest BCUT2D eigenvalue weighted by molar-refractivity contribution is -0.145. The largest absolute Gasteiger partial charge is 0.495 e. The van der Waals surface area contributed by atoms with Gasteiger partial charge in [-0.05, 0) is 24.3 Å². The first-order chi connectivity index (χ1) is 8.72. The summed E-state index contributed by atoms with van der Waals surface area (Å²) in [6.07, 6.45) is 0.766. The minimum Gasteiger partial charge on any atom is -0.495 e. The van der Waals surface area contributed by atoms with Crippen molar-refractivity contribution in [2.24, 2.45) is 0 Å². The van der Waals surface area contributed by atoms with Crippen LogP contribution in [0.25, 0.3) is 0 Å². The highest BCUT2D eigenvalue weighted by molar-refractivity contribution is 7.99. The van der Waals surface area contributed by atoms with Gasteiger partial charge in [-0.1, -0.05) is 12.1 Å². The first-order valence-electron chi connectivity index (χ1n) is 5.79. The predicted molar refractivity (Wildman–Crippen MR) is 73.3 cm³/mol. The maximum absolute atomic E-state index is 12.0. The molecule has 98 valence electrons. The van der Waals surface area contributed by atoms with Crippen LogP contribution >= 0.6 is 11.8 Å². The smallest absolute Gasteiger partial charge is 0.332 e. The van der Waals surface area contributed by atoms with Crippen LogP contribution in [0, 0.1) is 0 Å². The molecule has 0 bridgehead atoms. The summed E-state index contributed by atoms with van der Waals surface area (Å²) < 4.78 is 10.2. The minimum atomic E-state index is -0.631. The Bertz CT molecular complexity index is 430. The lowest BCUT2D eigenvalue weighted by Crippen LogP contribution is -2.47. The Kier molecular flexibility index (Phi) is 4.01. The monoisotopic (exact) mass is 267 g/mol. The lowest BCUT2D eigenvalue weighted by atomic mass is 9.98. The van der Waals surface area contributed by atoms with Crippen molar-refractivity contribution in [1.82, 2.24) is 0 Å². The standard InChI is InChI=1S/C13H17NO3S/c1-16-11-6-4-3-5-10(11)14-13(12(15)17-2)7-8-18-9-13/h3-6,14H,7-9H2,1-2H3. The van der Waals surface area contributed by atoms with Gasteiger partial charge in [0.1, 0.15) is 11.3 Å². The molecule has 1 heterocycles. The molecule has 1 saturated heterocycles. The molecule has 4 nitrogen and oxygen atoms in total. The number of carbonyl (C=O) groups excluding carboxylic acids is 1. The molecule has 1 aliphatic heterocycles. The molecule has 1 atom stereocenters. The van der Waals surface area contributed by atoms with Crippen molar-refractivity contribution in [3.05, 3.63) is 24.3 Å². The van der Waals surface area contributed by atoms with E-state index in [1.807, 2.05) is 24.3 Å². The second-order valence-corrected chi connectivity index (χ2v) is 5.31. The van der Waals surface area contributed by atoms with E-state index in [9.17, 15) is 4.79 Å². The number of esters is 1. The van der Waals surface area contributed by atoms with E-state index in [2.05, 4.69) is 5.32 Å². The number of hydrogen-bond acceptors (Lipinski definition) is 5. The summed E-state index contributed by atoms with van der Waals surface area (Å²) in [5, 5.41) is 3.30. The van der Waals surface area contributed by atoms with Crippen LogP contribution in [-0.2, 0) is 9.53 Å². The number of carbonyl (C=O) groups is 1. The van der Waals surface area contributed by atoms with Crippen LogP contribution in [0.1, 0.15) is 6.42 Å². The van der Waals surface area contributed by atoms with Gasteiger partial charge in [0.15, 0.2) is 0 Å². The maximum Gasteiger partial charge on any atom is 0.332 e. The van der Waals surface area contributed by atoms with Crippen LogP contribution in [0.4, 0.5) is 5.69 Å². The molecule has 1 aromatic carbocycles. The molecule has 2 rings (SSSR count). The molecule has 1 aliphatic rings. The average Bonchev–Trinajstić information content (AvgIpc) is 2.88. The van der Waals surface area contributed by atoms with Gasteiger partial charge in [-0.3, -0.25) is 0 Å². The number of methoxy groups -OCH3 is 2. The predicted octanol–water partition coefficient (Wildman–Crippen LogP) is 2.16. The van der Waals surface area contributed by atoms with Crippen LogP contribution in [0.3, 0.4) is 0 Å². The Labute approximate surface area is 111 Å². The van der Waals surface area contributed by atoms with Gasteiger partial charge in [0.2, 0.25) is 0 Å². The fourth-order valence-electron chi connectivity index (χ4n) is 2.08. The third-order valence-electron chi connectivity index (χ3n) is 3.08. The van der Waals surface area contributed by atoms with E-state index in [-0.39, 0.29) is 5.97 Å². The molecule has 0 aliphatic carbocycles. The number of thioether (sulfide) groups is 1. The molecule has 1 aromatic rings. The normalized spacial score (nSPS) is 22.6. The number of benzene rings is 1. The zero-order chi connectivity index (χ0) is 13.0. The van der Waals surface area contributed by atoms with Gasteiger partial charge in [-0.2, -0.15) is 11.8 Å². The molecule has 1 N–H and O–H groups in total. The van der Waals surface area contributed by atoms with Crippen LogP contribution in [0.5, 0.6) is 5.75 Å². The summed E-state index contributed by atoms with van der Waals surface area (Å²) in [5.74, 6) is 2.20. The Morgan fingerprint density at radius 1 is 1.39 bits per heavy atom. The van der Waals surface area contributed by atoms with Gasteiger partial charge >= 0.3 is 5.97 Å². The van der Waals surface area contributed by atoms with Crippen molar-refractivity contribution in [2.75, 3.05) is 31.0 Å². The summed E-state index contributed by atoms with van der Waals surface area (Å²) in [4.78, 5) is 12.0. The van der Waals surface area contributed by atoms with E-state index in [4.69, 9.17) is 9.47 Å². The summed E-state index contributed by atoms with van der Waals surface area (Å²) in [6.45, 7) is 0. The summed E-state index contributed by atoms with van der Waals surface area (Å²) in [7, 11) is 3.05. The maximum atomic E-state index is 12.0. The van der Waals surface area contributed by atoms with Crippen molar-refractivity contribution >= 4 is 23.4 Å². The number of nitrogens with one attached hydrogen (secondary N) is 1. The molecule has 0 amide bonds. The molecule has 0 aromatic heterocycles.